The van der Waals surface area contributed by atoms with Gasteiger partial charge in [-0.15, -0.1) is 11.1 Å². The van der Waals surface area contributed by atoms with E-state index in [2.05, 4.69) is 0 Å². The van der Waals surface area contributed by atoms with E-state index in [1.54, 1.807) is 0 Å². The van der Waals surface area contributed by atoms with Crippen molar-refractivity contribution in [1.29, 1.82) is 0 Å². The molecule has 0 radical (unpaired) electrons. The molecule has 0 aliphatic heterocycles. The van der Waals surface area contributed by atoms with Crippen LogP contribution in [-0.4, -0.2) is 5.11 Å². The fourth-order valence-corrected chi connectivity index (χ4v) is 3.16. The van der Waals surface area contributed by atoms with Crippen molar-refractivity contribution in [2.24, 2.45) is 5.92 Å². The van der Waals surface area contributed by atoms with E-state index in [0.717, 1.165) is 11.1 Å². The maximum absolute atomic E-state index is 11.1. The van der Waals surface area contributed by atoms with Crippen molar-refractivity contribution >= 4 is 0 Å². The first-order valence-electron chi connectivity index (χ1n) is 9.17. The molecule has 150 valence electrons. The standard InChI is InChI=1S/C16H14O.2C5H5.2Fe/c17-16(13-7-1-2-8-13,14-9-3-4-10-14)15-11-5-6-12-15;2*1-2-4-5-3-1;;/h1-13,17H;2*1-5H;;/q-2;2*-1;2*+2. The molecule has 29 heavy (non-hydrogen) atoms. The van der Waals surface area contributed by atoms with E-state index in [1.165, 1.54) is 0 Å². The SMILES string of the molecule is OC([c-]1cccc1)([c-]1cccc1)C1C=CC=C1.[Fe+2].[Fe+2].c1cc[cH-]c1.c1cc[cH-]c1. The van der Waals surface area contributed by atoms with Crippen LogP contribution in [0.3, 0.4) is 0 Å². The van der Waals surface area contributed by atoms with E-state index >= 15 is 0 Å². The molecule has 0 fully saturated rings. The Morgan fingerprint density at radius 3 is 1.21 bits per heavy atom. The van der Waals surface area contributed by atoms with Crippen LogP contribution in [0.5, 0.6) is 0 Å². The van der Waals surface area contributed by atoms with Crippen LogP contribution in [0, 0.1) is 5.92 Å². The van der Waals surface area contributed by atoms with Crippen LogP contribution in [0.4, 0.5) is 0 Å². The second-order valence-corrected chi connectivity index (χ2v) is 6.33. The molecule has 3 heteroatoms. The van der Waals surface area contributed by atoms with Crippen molar-refractivity contribution in [3.63, 3.8) is 0 Å². The summed E-state index contributed by atoms with van der Waals surface area (Å²) < 4.78 is 0. The molecule has 4 aromatic carbocycles. The minimum absolute atomic E-state index is 0. The minimum Gasteiger partial charge on any atom is -0.404 e. The van der Waals surface area contributed by atoms with Crippen LogP contribution in [-0.2, 0) is 39.7 Å². The van der Waals surface area contributed by atoms with Crippen LogP contribution in [0.25, 0.3) is 0 Å². The molecule has 1 nitrogen and oxygen atoms in total. The van der Waals surface area contributed by atoms with Crippen LogP contribution >= 0.6 is 0 Å². The van der Waals surface area contributed by atoms with Crippen LogP contribution in [0.2, 0.25) is 0 Å². The summed E-state index contributed by atoms with van der Waals surface area (Å²) in [5.41, 5.74) is 0.950. The van der Waals surface area contributed by atoms with Gasteiger partial charge in [-0.05, 0) is 0 Å². The largest absolute Gasteiger partial charge is 2.00 e. The second kappa shape index (κ2) is 13.2. The van der Waals surface area contributed by atoms with Crippen molar-refractivity contribution in [3.05, 3.63) is 145 Å². The minimum atomic E-state index is -0.948. The maximum Gasteiger partial charge on any atom is 2.00 e. The molecule has 1 aliphatic carbocycles. The molecule has 0 bridgehead atoms. The molecule has 1 aliphatic rings. The van der Waals surface area contributed by atoms with E-state index in [-0.39, 0.29) is 40.1 Å². The Morgan fingerprint density at radius 2 is 0.931 bits per heavy atom. The van der Waals surface area contributed by atoms with E-state index in [4.69, 9.17) is 0 Å². The molecule has 5 rings (SSSR count). The molecule has 0 spiro atoms. The van der Waals surface area contributed by atoms with E-state index in [9.17, 15) is 5.11 Å². The summed E-state index contributed by atoms with van der Waals surface area (Å²) >= 11 is 0. The first kappa shape index (κ1) is 24.9. The van der Waals surface area contributed by atoms with Crippen LogP contribution in [0.15, 0.2) is 133 Å². The smallest absolute Gasteiger partial charge is 0.404 e. The quantitative estimate of drug-likeness (QED) is 0.296. The fourth-order valence-electron chi connectivity index (χ4n) is 3.16. The number of hydrogen-bond donors (Lipinski definition) is 1. The normalized spacial score (nSPS) is 12.0. The van der Waals surface area contributed by atoms with Crippen LogP contribution in [0.1, 0.15) is 11.1 Å². The Hall–Kier alpha value is -2.12. The molecular formula is C26H24Fe2O. The Balaban J connectivity index is 0.000000290. The van der Waals surface area contributed by atoms with Gasteiger partial charge in [0.05, 0.1) is 0 Å². The zero-order valence-electron chi connectivity index (χ0n) is 15.9. The van der Waals surface area contributed by atoms with Gasteiger partial charge in [0.15, 0.2) is 0 Å². The third-order valence-electron chi connectivity index (χ3n) is 4.55. The summed E-state index contributed by atoms with van der Waals surface area (Å²) in [7, 11) is 0. The summed E-state index contributed by atoms with van der Waals surface area (Å²) in [5, 5.41) is 11.1. The van der Waals surface area contributed by atoms with Gasteiger partial charge in [-0.3, -0.25) is 0 Å². The molecule has 0 unspecified atom stereocenters. The average molecular weight is 464 g/mol. The van der Waals surface area contributed by atoms with Gasteiger partial charge in [0.25, 0.3) is 0 Å². The second-order valence-electron chi connectivity index (χ2n) is 6.33. The molecule has 4 aromatic rings. The van der Waals surface area contributed by atoms with Crippen molar-refractivity contribution in [1.82, 2.24) is 0 Å². The van der Waals surface area contributed by atoms with Gasteiger partial charge in [0, 0.05) is 11.5 Å². The Bertz CT molecular complexity index is 773. The summed E-state index contributed by atoms with van der Waals surface area (Å²) in [6, 6.07) is 35.8. The molecule has 0 amide bonds. The number of allylic oxidation sites excluding steroid dienone is 2. The van der Waals surface area contributed by atoms with Gasteiger partial charge in [0.1, 0.15) is 0 Å². The molecule has 0 heterocycles. The molecule has 0 saturated carbocycles. The van der Waals surface area contributed by atoms with Crippen molar-refractivity contribution in [3.8, 4) is 0 Å². The molecule has 1 N–H and O–H groups in total. The Labute approximate surface area is 194 Å². The third-order valence-corrected chi connectivity index (χ3v) is 4.55. The first-order chi connectivity index (χ1) is 13.3. The summed E-state index contributed by atoms with van der Waals surface area (Å²) in [6.07, 6.45) is 8.06. The van der Waals surface area contributed by atoms with Gasteiger partial charge in [-0.1, -0.05) is 24.3 Å². The topological polar surface area (TPSA) is 20.2 Å². The molecular weight excluding hydrogens is 440 g/mol. The predicted molar refractivity (Wildman–Crippen MR) is 113 cm³/mol. The predicted octanol–water partition coefficient (Wildman–Crippen LogP) is 5.91. The maximum atomic E-state index is 11.1. The fraction of sp³-hybridized carbons (Fsp3) is 0.0769. The zero-order valence-corrected chi connectivity index (χ0v) is 18.1. The van der Waals surface area contributed by atoms with E-state index in [0.29, 0.717) is 0 Å². The Kier molecular flexibility index (Phi) is 11.3. The third kappa shape index (κ3) is 6.71. The molecule has 0 saturated heterocycles. The van der Waals surface area contributed by atoms with E-state index < -0.39 is 5.60 Å². The van der Waals surface area contributed by atoms with Gasteiger partial charge < -0.3 is 5.11 Å². The van der Waals surface area contributed by atoms with Gasteiger partial charge >= 0.3 is 34.1 Å². The molecule has 0 aromatic heterocycles. The van der Waals surface area contributed by atoms with Crippen molar-refractivity contribution < 1.29 is 39.2 Å². The van der Waals surface area contributed by atoms with Crippen molar-refractivity contribution in [2.45, 2.75) is 5.60 Å². The number of rotatable bonds is 3. The van der Waals surface area contributed by atoms with Crippen molar-refractivity contribution in [2.75, 3.05) is 0 Å². The monoisotopic (exact) mass is 464 g/mol. The first-order valence-corrected chi connectivity index (χ1v) is 9.17. The Morgan fingerprint density at radius 1 is 0.586 bits per heavy atom. The summed E-state index contributed by atoms with van der Waals surface area (Å²) in [5.74, 6) is 0.00676. The van der Waals surface area contributed by atoms with Gasteiger partial charge in [-0.2, -0.15) is 60.7 Å². The number of aliphatic hydroxyl groups is 1. The summed E-state index contributed by atoms with van der Waals surface area (Å²) in [6.45, 7) is 0. The summed E-state index contributed by atoms with van der Waals surface area (Å²) in [4.78, 5) is 0. The molecule has 0 atom stereocenters. The average Bonchev–Trinajstić information content (AvgIpc) is 3.58. The van der Waals surface area contributed by atoms with Gasteiger partial charge in [0.2, 0.25) is 0 Å². The van der Waals surface area contributed by atoms with Crippen LogP contribution < -0.4 is 0 Å². The number of hydrogen-bond acceptors (Lipinski definition) is 1. The zero-order chi connectivity index (χ0) is 18.8. The van der Waals surface area contributed by atoms with Gasteiger partial charge in [-0.25, -0.2) is 48.5 Å². The van der Waals surface area contributed by atoms with E-state index in [1.807, 2.05) is 133 Å².